The monoisotopic (exact) mass is 295 g/mol. The van der Waals surface area contributed by atoms with Gasteiger partial charge >= 0.3 is 6.03 Å². The van der Waals surface area contributed by atoms with E-state index in [-0.39, 0.29) is 12.5 Å². The average molecular weight is 295 g/mol. The molecule has 0 heterocycles. The molecule has 7 heteroatoms. The molecule has 0 aliphatic heterocycles. The zero-order chi connectivity index (χ0) is 15.8. The normalized spacial score (nSPS) is 10.1. The van der Waals surface area contributed by atoms with E-state index < -0.39 is 6.03 Å². The van der Waals surface area contributed by atoms with Gasteiger partial charge < -0.3 is 14.8 Å². The molecule has 0 saturated carbocycles. The Morgan fingerprint density at radius 1 is 1.24 bits per heavy atom. The number of carbonyl (C=O) groups excluding carboxylic acids is 2. The lowest BCUT2D eigenvalue weighted by molar-refractivity contribution is -0.120. The van der Waals surface area contributed by atoms with Crippen molar-refractivity contribution in [2.24, 2.45) is 0 Å². The molecular weight excluding hydrogens is 274 g/mol. The number of likely N-dealkylation sites (N-methyl/N-ethyl adjacent to an activating group) is 1. The van der Waals surface area contributed by atoms with Gasteiger partial charge in [0.1, 0.15) is 0 Å². The van der Waals surface area contributed by atoms with Crippen LogP contribution in [0.25, 0.3) is 0 Å². The molecule has 0 bridgehead atoms. The SMILES string of the molecule is CNC(=O)NC(=O)CN(C)Cc1cccc(OC)c1OC. The maximum atomic E-state index is 11.6. The van der Waals surface area contributed by atoms with Crippen molar-refractivity contribution >= 4 is 11.9 Å². The van der Waals surface area contributed by atoms with Gasteiger partial charge in [-0.2, -0.15) is 0 Å². The quantitative estimate of drug-likeness (QED) is 0.803. The zero-order valence-corrected chi connectivity index (χ0v) is 12.7. The van der Waals surface area contributed by atoms with E-state index in [4.69, 9.17) is 9.47 Å². The van der Waals surface area contributed by atoms with Crippen LogP contribution in [0.15, 0.2) is 18.2 Å². The number of ether oxygens (including phenoxy) is 2. The summed E-state index contributed by atoms with van der Waals surface area (Å²) >= 11 is 0. The molecule has 7 nitrogen and oxygen atoms in total. The second-order valence-electron chi connectivity index (χ2n) is 4.45. The van der Waals surface area contributed by atoms with Crippen LogP contribution >= 0.6 is 0 Å². The van der Waals surface area contributed by atoms with Crippen LogP contribution in [0.2, 0.25) is 0 Å². The number of benzene rings is 1. The Hall–Kier alpha value is -2.28. The number of urea groups is 1. The highest BCUT2D eigenvalue weighted by Gasteiger charge is 2.14. The van der Waals surface area contributed by atoms with Crippen LogP contribution in [-0.2, 0) is 11.3 Å². The Morgan fingerprint density at radius 3 is 2.52 bits per heavy atom. The van der Waals surface area contributed by atoms with Gasteiger partial charge in [-0.3, -0.25) is 15.0 Å². The maximum absolute atomic E-state index is 11.6. The number of nitrogens with zero attached hydrogens (tertiary/aromatic N) is 1. The molecule has 1 aromatic rings. The van der Waals surface area contributed by atoms with Crippen molar-refractivity contribution < 1.29 is 19.1 Å². The third kappa shape index (κ3) is 4.96. The molecule has 0 atom stereocenters. The second-order valence-corrected chi connectivity index (χ2v) is 4.45. The Morgan fingerprint density at radius 2 is 1.95 bits per heavy atom. The molecule has 0 aromatic heterocycles. The topological polar surface area (TPSA) is 79.9 Å². The van der Waals surface area contributed by atoms with Crippen molar-refractivity contribution in [1.82, 2.24) is 15.5 Å². The Labute approximate surface area is 124 Å². The summed E-state index contributed by atoms with van der Waals surface area (Å²) in [7, 11) is 6.37. The van der Waals surface area contributed by atoms with E-state index in [1.54, 1.807) is 32.2 Å². The molecule has 0 unspecified atom stereocenters. The number of hydrogen-bond donors (Lipinski definition) is 2. The number of carbonyl (C=O) groups is 2. The van der Waals surface area contributed by atoms with Crippen LogP contribution in [-0.4, -0.2) is 51.7 Å². The molecule has 0 fully saturated rings. The molecule has 3 amide bonds. The largest absolute Gasteiger partial charge is 0.493 e. The van der Waals surface area contributed by atoms with Crippen LogP contribution < -0.4 is 20.1 Å². The fourth-order valence-electron chi connectivity index (χ4n) is 1.90. The van der Waals surface area contributed by atoms with Gasteiger partial charge in [-0.05, 0) is 13.1 Å². The van der Waals surface area contributed by atoms with E-state index in [9.17, 15) is 9.59 Å². The van der Waals surface area contributed by atoms with Crippen molar-refractivity contribution in [3.63, 3.8) is 0 Å². The molecule has 21 heavy (non-hydrogen) atoms. The van der Waals surface area contributed by atoms with E-state index >= 15 is 0 Å². The molecule has 1 rings (SSSR count). The van der Waals surface area contributed by atoms with Crippen LogP contribution in [0.4, 0.5) is 4.79 Å². The highest BCUT2D eigenvalue weighted by Crippen LogP contribution is 2.31. The molecule has 0 aliphatic carbocycles. The van der Waals surface area contributed by atoms with Crippen molar-refractivity contribution in [2.45, 2.75) is 6.54 Å². The summed E-state index contributed by atoms with van der Waals surface area (Å²) in [5.74, 6) is 0.899. The van der Waals surface area contributed by atoms with Crippen LogP contribution in [0.3, 0.4) is 0 Å². The first-order chi connectivity index (χ1) is 10.0. The molecule has 0 spiro atoms. The van der Waals surface area contributed by atoms with Crippen LogP contribution in [0, 0.1) is 0 Å². The summed E-state index contributed by atoms with van der Waals surface area (Å²) in [6.07, 6.45) is 0. The first-order valence-corrected chi connectivity index (χ1v) is 6.41. The van der Waals surface area contributed by atoms with E-state index in [1.165, 1.54) is 7.05 Å². The molecule has 116 valence electrons. The fourth-order valence-corrected chi connectivity index (χ4v) is 1.90. The second kappa shape index (κ2) is 8.11. The van der Waals surface area contributed by atoms with E-state index in [2.05, 4.69) is 10.6 Å². The first-order valence-electron chi connectivity index (χ1n) is 6.41. The third-order valence-corrected chi connectivity index (χ3v) is 2.82. The van der Waals surface area contributed by atoms with Crippen molar-refractivity contribution in [3.8, 4) is 11.5 Å². The van der Waals surface area contributed by atoms with Gasteiger partial charge in [0.25, 0.3) is 0 Å². The highest BCUT2D eigenvalue weighted by atomic mass is 16.5. The summed E-state index contributed by atoms with van der Waals surface area (Å²) in [6.45, 7) is 0.579. The highest BCUT2D eigenvalue weighted by molar-refractivity contribution is 5.95. The van der Waals surface area contributed by atoms with Gasteiger partial charge in [0.15, 0.2) is 11.5 Å². The van der Waals surface area contributed by atoms with Gasteiger partial charge in [-0.1, -0.05) is 12.1 Å². The summed E-state index contributed by atoms with van der Waals surface area (Å²) in [6, 6.07) is 5.04. The standard InChI is InChI=1S/C14H21N3O4/c1-15-14(19)16-12(18)9-17(2)8-10-6-5-7-11(20-3)13(10)21-4/h5-7H,8-9H2,1-4H3,(H2,15,16,18,19). The Balaban J connectivity index is 2.68. The number of nitrogens with one attached hydrogen (secondary N) is 2. The summed E-state index contributed by atoms with van der Waals surface area (Å²) in [5, 5.41) is 4.54. The van der Waals surface area contributed by atoms with Crippen LogP contribution in [0.1, 0.15) is 5.56 Å². The number of amides is 3. The Bertz CT molecular complexity index is 505. The number of rotatable bonds is 6. The van der Waals surface area contributed by atoms with Crippen molar-refractivity contribution in [1.29, 1.82) is 0 Å². The molecule has 2 N–H and O–H groups in total. The maximum Gasteiger partial charge on any atom is 0.321 e. The predicted molar refractivity (Wildman–Crippen MR) is 78.5 cm³/mol. The fraction of sp³-hybridized carbons (Fsp3) is 0.429. The molecule has 0 aliphatic rings. The van der Waals surface area contributed by atoms with E-state index in [0.29, 0.717) is 18.0 Å². The number of para-hydroxylation sites is 1. The average Bonchev–Trinajstić information content (AvgIpc) is 2.46. The molecule has 1 aromatic carbocycles. The first kappa shape index (κ1) is 16.8. The van der Waals surface area contributed by atoms with Crippen LogP contribution in [0.5, 0.6) is 11.5 Å². The van der Waals surface area contributed by atoms with Gasteiger partial charge in [0, 0.05) is 19.2 Å². The minimum atomic E-state index is -0.521. The molecule has 0 saturated heterocycles. The number of hydrogen-bond acceptors (Lipinski definition) is 5. The lowest BCUT2D eigenvalue weighted by Gasteiger charge is -2.19. The minimum absolute atomic E-state index is 0.0911. The van der Waals surface area contributed by atoms with Crippen molar-refractivity contribution in [3.05, 3.63) is 23.8 Å². The summed E-state index contributed by atoms with van der Waals surface area (Å²) in [5.41, 5.74) is 0.895. The van der Waals surface area contributed by atoms with Gasteiger partial charge in [-0.15, -0.1) is 0 Å². The minimum Gasteiger partial charge on any atom is -0.493 e. The van der Waals surface area contributed by atoms with Gasteiger partial charge in [-0.25, -0.2) is 4.79 Å². The summed E-state index contributed by atoms with van der Waals surface area (Å²) < 4.78 is 10.6. The van der Waals surface area contributed by atoms with E-state index in [0.717, 1.165) is 5.56 Å². The molecule has 0 radical (unpaired) electrons. The zero-order valence-electron chi connectivity index (χ0n) is 12.7. The van der Waals surface area contributed by atoms with Crippen molar-refractivity contribution in [2.75, 3.05) is 34.9 Å². The lowest BCUT2D eigenvalue weighted by Crippen LogP contribution is -2.42. The van der Waals surface area contributed by atoms with E-state index in [1.807, 2.05) is 12.1 Å². The Kier molecular flexibility index (Phi) is 6.48. The predicted octanol–water partition coefficient (Wildman–Crippen LogP) is 0.591. The lowest BCUT2D eigenvalue weighted by atomic mass is 10.1. The van der Waals surface area contributed by atoms with Gasteiger partial charge in [0.05, 0.1) is 20.8 Å². The number of methoxy groups -OCH3 is 2. The number of imide groups is 1. The summed E-state index contributed by atoms with van der Waals surface area (Å²) in [4.78, 5) is 24.4. The van der Waals surface area contributed by atoms with Gasteiger partial charge in [0.2, 0.25) is 5.91 Å². The third-order valence-electron chi connectivity index (χ3n) is 2.82. The smallest absolute Gasteiger partial charge is 0.321 e. The molecular formula is C14H21N3O4.